The van der Waals surface area contributed by atoms with Gasteiger partial charge in [0.1, 0.15) is 10.9 Å². The van der Waals surface area contributed by atoms with Gasteiger partial charge >= 0.3 is 0 Å². The molecule has 2 aromatic rings. The van der Waals surface area contributed by atoms with Crippen molar-refractivity contribution in [2.24, 2.45) is 5.73 Å². The molecule has 0 saturated heterocycles. The van der Waals surface area contributed by atoms with Crippen molar-refractivity contribution in [2.75, 3.05) is 0 Å². The summed E-state index contributed by atoms with van der Waals surface area (Å²) in [5.41, 5.74) is 6.38. The van der Waals surface area contributed by atoms with Gasteiger partial charge in [-0.15, -0.1) is 0 Å². The summed E-state index contributed by atoms with van der Waals surface area (Å²) in [6, 6.07) is 0. The van der Waals surface area contributed by atoms with E-state index in [4.69, 9.17) is 5.73 Å². The van der Waals surface area contributed by atoms with Crippen LogP contribution in [0.25, 0.3) is 0 Å². The molecule has 0 bridgehead atoms. The largest absolute Gasteiger partial charge is 0.325 e. The van der Waals surface area contributed by atoms with Crippen LogP contribution in [0.5, 0.6) is 0 Å². The Balaban J connectivity index is 2.19. The second-order valence-corrected chi connectivity index (χ2v) is 4.93. The molecule has 0 saturated carbocycles. The molecule has 0 spiro atoms. The van der Waals surface area contributed by atoms with Gasteiger partial charge in [-0.3, -0.25) is 4.98 Å². The summed E-state index contributed by atoms with van der Waals surface area (Å²) in [6.45, 7) is 2.42. The van der Waals surface area contributed by atoms with Crippen LogP contribution < -0.4 is 5.73 Å². The highest BCUT2D eigenvalue weighted by molar-refractivity contribution is 8.00. The van der Waals surface area contributed by atoms with Crippen molar-refractivity contribution < 1.29 is 0 Å². The molecule has 0 aliphatic heterocycles. The molecular formula is C9H11N5S2. The molecule has 0 amide bonds. The minimum Gasteiger partial charge on any atom is -0.325 e. The van der Waals surface area contributed by atoms with Crippen LogP contribution in [0.2, 0.25) is 0 Å². The van der Waals surface area contributed by atoms with Crippen LogP contribution in [0.4, 0.5) is 0 Å². The second kappa shape index (κ2) is 5.33. The number of hydrogen-bond acceptors (Lipinski definition) is 7. The number of nitrogens with two attached hydrogens (primary N) is 1. The van der Waals surface area contributed by atoms with E-state index in [1.807, 2.05) is 6.92 Å². The lowest BCUT2D eigenvalue weighted by atomic mass is 10.5. The normalized spacial score (nSPS) is 10.6. The summed E-state index contributed by atoms with van der Waals surface area (Å²) in [5.74, 6) is 0.866. The lowest BCUT2D eigenvalue weighted by molar-refractivity contribution is 0.885. The summed E-state index contributed by atoms with van der Waals surface area (Å²) in [5, 5.41) is 0.809. The Labute approximate surface area is 102 Å². The molecule has 0 atom stereocenters. The van der Waals surface area contributed by atoms with Crippen LogP contribution in [-0.4, -0.2) is 19.3 Å². The van der Waals surface area contributed by atoms with Crippen molar-refractivity contribution in [2.45, 2.75) is 29.3 Å². The maximum Gasteiger partial charge on any atom is 0.176 e. The fourth-order valence-corrected chi connectivity index (χ4v) is 2.77. The van der Waals surface area contributed by atoms with Gasteiger partial charge in [-0.1, -0.05) is 6.92 Å². The van der Waals surface area contributed by atoms with Gasteiger partial charge in [-0.05, 0) is 23.3 Å². The first-order valence-electron chi connectivity index (χ1n) is 4.84. The standard InChI is InChI=1S/C9H11N5S2/c1-2-7-13-9(16-14-7)15-8-6(5-10)11-3-4-12-8/h3-4H,2,5,10H2,1H3. The van der Waals surface area contributed by atoms with Crippen LogP contribution >= 0.6 is 23.3 Å². The fourth-order valence-electron chi connectivity index (χ4n) is 1.09. The van der Waals surface area contributed by atoms with Crippen LogP contribution in [0.1, 0.15) is 18.4 Å². The minimum atomic E-state index is 0.385. The van der Waals surface area contributed by atoms with E-state index >= 15 is 0 Å². The Morgan fingerprint density at radius 1 is 1.38 bits per heavy atom. The van der Waals surface area contributed by atoms with Crippen molar-refractivity contribution in [3.8, 4) is 0 Å². The first kappa shape index (κ1) is 11.4. The van der Waals surface area contributed by atoms with Gasteiger partial charge in [0, 0.05) is 25.4 Å². The summed E-state index contributed by atoms with van der Waals surface area (Å²) < 4.78 is 5.10. The van der Waals surface area contributed by atoms with Gasteiger partial charge in [0.15, 0.2) is 4.34 Å². The van der Waals surface area contributed by atoms with Crippen LogP contribution in [0, 0.1) is 0 Å². The van der Waals surface area contributed by atoms with Gasteiger partial charge < -0.3 is 5.73 Å². The average Bonchev–Trinajstić information content (AvgIpc) is 2.77. The van der Waals surface area contributed by atoms with E-state index in [1.54, 1.807) is 12.4 Å². The topological polar surface area (TPSA) is 77.6 Å². The molecule has 2 N–H and O–H groups in total. The van der Waals surface area contributed by atoms with Crippen molar-refractivity contribution in [1.82, 2.24) is 19.3 Å². The second-order valence-electron chi connectivity index (χ2n) is 2.94. The highest BCUT2D eigenvalue weighted by Crippen LogP contribution is 2.28. The van der Waals surface area contributed by atoms with Crippen molar-refractivity contribution in [1.29, 1.82) is 0 Å². The van der Waals surface area contributed by atoms with Gasteiger partial charge in [0.05, 0.1) is 5.69 Å². The zero-order valence-electron chi connectivity index (χ0n) is 8.75. The molecule has 84 valence electrons. The molecule has 0 radical (unpaired) electrons. The lowest BCUT2D eigenvalue weighted by Gasteiger charge is -2.01. The van der Waals surface area contributed by atoms with Gasteiger partial charge in [-0.2, -0.15) is 4.37 Å². The molecule has 0 fully saturated rings. The number of aromatic nitrogens is 4. The van der Waals surface area contributed by atoms with E-state index in [-0.39, 0.29) is 0 Å². The van der Waals surface area contributed by atoms with Crippen molar-refractivity contribution in [3.63, 3.8) is 0 Å². The summed E-state index contributed by atoms with van der Waals surface area (Å²) in [7, 11) is 0. The molecule has 0 aliphatic rings. The molecule has 16 heavy (non-hydrogen) atoms. The lowest BCUT2D eigenvalue weighted by Crippen LogP contribution is -2.02. The van der Waals surface area contributed by atoms with Crippen LogP contribution in [0.15, 0.2) is 21.8 Å². The monoisotopic (exact) mass is 253 g/mol. The first-order chi connectivity index (χ1) is 7.83. The zero-order valence-corrected chi connectivity index (χ0v) is 10.4. The molecule has 0 aliphatic carbocycles. The minimum absolute atomic E-state index is 0.385. The zero-order chi connectivity index (χ0) is 11.4. The van der Waals surface area contributed by atoms with Gasteiger partial charge in [0.25, 0.3) is 0 Å². The molecule has 5 nitrogen and oxygen atoms in total. The number of hydrogen-bond donors (Lipinski definition) is 1. The van der Waals surface area contributed by atoms with E-state index in [1.165, 1.54) is 23.3 Å². The summed E-state index contributed by atoms with van der Waals surface area (Å²) in [6.07, 6.45) is 4.15. The molecule has 2 aromatic heterocycles. The Hall–Kier alpha value is -1.05. The SMILES string of the molecule is CCc1nsc(Sc2nccnc2CN)n1. The maximum absolute atomic E-state index is 5.59. The van der Waals surface area contributed by atoms with E-state index in [0.29, 0.717) is 6.54 Å². The predicted molar refractivity (Wildman–Crippen MR) is 63.3 cm³/mol. The number of aryl methyl sites for hydroxylation is 1. The van der Waals surface area contributed by atoms with E-state index in [0.717, 1.165) is 27.3 Å². The summed E-state index contributed by atoms with van der Waals surface area (Å²) >= 11 is 2.85. The number of nitrogens with zero attached hydrogens (tertiary/aromatic N) is 4. The van der Waals surface area contributed by atoms with E-state index < -0.39 is 0 Å². The van der Waals surface area contributed by atoms with Crippen LogP contribution in [-0.2, 0) is 13.0 Å². The Morgan fingerprint density at radius 2 is 2.19 bits per heavy atom. The van der Waals surface area contributed by atoms with Crippen molar-refractivity contribution >= 4 is 23.3 Å². The smallest absolute Gasteiger partial charge is 0.176 e. The molecule has 0 aromatic carbocycles. The number of rotatable bonds is 4. The summed E-state index contributed by atoms with van der Waals surface area (Å²) in [4.78, 5) is 12.8. The highest BCUT2D eigenvalue weighted by Gasteiger charge is 2.09. The average molecular weight is 253 g/mol. The molecule has 7 heteroatoms. The Kier molecular flexibility index (Phi) is 3.81. The molecule has 2 rings (SSSR count). The maximum atomic E-state index is 5.59. The third-order valence-corrected chi connectivity index (χ3v) is 3.70. The first-order valence-corrected chi connectivity index (χ1v) is 6.43. The quantitative estimate of drug-likeness (QED) is 0.889. The fraction of sp³-hybridized carbons (Fsp3) is 0.333. The molecular weight excluding hydrogens is 242 g/mol. The third kappa shape index (κ3) is 2.55. The van der Waals surface area contributed by atoms with Crippen molar-refractivity contribution in [3.05, 3.63) is 23.9 Å². The van der Waals surface area contributed by atoms with Gasteiger partial charge in [-0.25, -0.2) is 9.97 Å². The van der Waals surface area contributed by atoms with E-state index in [9.17, 15) is 0 Å². The third-order valence-electron chi connectivity index (χ3n) is 1.88. The highest BCUT2D eigenvalue weighted by atomic mass is 32.2. The Morgan fingerprint density at radius 3 is 2.88 bits per heavy atom. The van der Waals surface area contributed by atoms with E-state index in [2.05, 4.69) is 19.3 Å². The Bertz CT molecular complexity index is 470. The van der Waals surface area contributed by atoms with Gasteiger partial charge in [0.2, 0.25) is 0 Å². The molecule has 2 heterocycles. The predicted octanol–water partition coefficient (Wildman–Crippen LogP) is 1.50. The van der Waals surface area contributed by atoms with Crippen LogP contribution in [0.3, 0.4) is 0 Å². The molecule has 0 unspecified atom stereocenters.